The molecule has 0 atom stereocenters. The Morgan fingerprint density at radius 1 is 1.00 bits per heavy atom. The molecular weight excluding hydrogens is 389 g/mol. The number of halogens is 1. The SMILES string of the molecule is O=S(=O)(Nc1ccsc1-c1nc(-c2ccccc2)no1)c1ccc(F)cc1. The molecule has 1 N–H and O–H groups in total. The highest BCUT2D eigenvalue weighted by Gasteiger charge is 2.21. The van der Waals surface area contributed by atoms with Gasteiger partial charge in [-0.25, -0.2) is 12.8 Å². The maximum atomic E-state index is 13.0. The minimum absolute atomic E-state index is 0.0449. The lowest BCUT2D eigenvalue weighted by Crippen LogP contribution is -2.12. The quantitative estimate of drug-likeness (QED) is 0.536. The largest absolute Gasteiger partial charge is 0.333 e. The van der Waals surface area contributed by atoms with Crippen LogP contribution in [0.2, 0.25) is 0 Å². The number of hydrogen-bond acceptors (Lipinski definition) is 6. The minimum Gasteiger partial charge on any atom is -0.333 e. The van der Waals surface area contributed by atoms with Gasteiger partial charge in [0, 0.05) is 5.56 Å². The van der Waals surface area contributed by atoms with E-state index in [2.05, 4.69) is 14.9 Å². The number of aromatic nitrogens is 2. The number of hydrogen-bond donors (Lipinski definition) is 1. The van der Waals surface area contributed by atoms with Gasteiger partial charge in [0.1, 0.15) is 10.7 Å². The second-order valence-corrected chi connectivity index (χ2v) is 8.11. The molecule has 2 aromatic heterocycles. The molecule has 4 aromatic rings. The summed E-state index contributed by atoms with van der Waals surface area (Å²) in [6.07, 6.45) is 0. The number of thiophene rings is 1. The van der Waals surface area contributed by atoms with Crippen molar-refractivity contribution in [3.63, 3.8) is 0 Å². The first kappa shape index (κ1) is 17.4. The van der Waals surface area contributed by atoms with Crippen LogP contribution in [-0.2, 0) is 10.0 Å². The number of benzene rings is 2. The van der Waals surface area contributed by atoms with Gasteiger partial charge in [0.05, 0.1) is 10.6 Å². The summed E-state index contributed by atoms with van der Waals surface area (Å²) in [5, 5.41) is 5.66. The smallest absolute Gasteiger partial charge is 0.270 e. The van der Waals surface area contributed by atoms with Crippen molar-refractivity contribution < 1.29 is 17.3 Å². The van der Waals surface area contributed by atoms with Gasteiger partial charge in [0.15, 0.2) is 0 Å². The molecule has 136 valence electrons. The van der Waals surface area contributed by atoms with Crippen LogP contribution in [0, 0.1) is 5.82 Å². The second-order valence-electron chi connectivity index (χ2n) is 5.51. The summed E-state index contributed by atoms with van der Waals surface area (Å²) in [6.45, 7) is 0. The lowest BCUT2D eigenvalue weighted by molar-refractivity contribution is 0.433. The van der Waals surface area contributed by atoms with Crippen molar-refractivity contribution in [2.24, 2.45) is 0 Å². The molecule has 0 amide bonds. The molecule has 0 aliphatic heterocycles. The van der Waals surface area contributed by atoms with Crippen LogP contribution in [0.3, 0.4) is 0 Å². The van der Waals surface area contributed by atoms with Crippen LogP contribution in [0.1, 0.15) is 0 Å². The Hall–Kier alpha value is -3.04. The number of sulfonamides is 1. The predicted molar refractivity (Wildman–Crippen MR) is 100 cm³/mol. The molecule has 0 aliphatic rings. The van der Waals surface area contributed by atoms with E-state index in [-0.39, 0.29) is 10.8 Å². The summed E-state index contributed by atoms with van der Waals surface area (Å²) < 4.78 is 45.9. The van der Waals surface area contributed by atoms with Crippen LogP contribution < -0.4 is 4.72 Å². The third-order valence-electron chi connectivity index (χ3n) is 3.69. The molecule has 27 heavy (non-hydrogen) atoms. The third kappa shape index (κ3) is 3.60. The molecule has 2 heterocycles. The molecule has 0 aliphatic carbocycles. The topological polar surface area (TPSA) is 85.1 Å². The molecule has 0 bridgehead atoms. The number of anilines is 1. The Labute approximate surface area is 158 Å². The average Bonchev–Trinajstić information content (AvgIpc) is 3.31. The maximum Gasteiger partial charge on any atom is 0.270 e. The van der Waals surface area contributed by atoms with Crippen LogP contribution >= 0.6 is 11.3 Å². The van der Waals surface area contributed by atoms with E-state index in [1.54, 1.807) is 11.4 Å². The summed E-state index contributed by atoms with van der Waals surface area (Å²) in [7, 11) is -3.88. The minimum atomic E-state index is -3.88. The molecule has 0 spiro atoms. The molecule has 0 unspecified atom stereocenters. The lowest BCUT2D eigenvalue weighted by Gasteiger charge is -2.07. The van der Waals surface area contributed by atoms with Gasteiger partial charge in [-0.3, -0.25) is 4.72 Å². The fourth-order valence-corrected chi connectivity index (χ4v) is 4.30. The van der Waals surface area contributed by atoms with E-state index >= 15 is 0 Å². The van der Waals surface area contributed by atoms with Gasteiger partial charge in [-0.2, -0.15) is 4.98 Å². The zero-order chi connectivity index (χ0) is 18.9. The predicted octanol–water partition coefficient (Wildman–Crippen LogP) is 4.41. The number of rotatable bonds is 5. The highest BCUT2D eigenvalue weighted by Crippen LogP contribution is 2.35. The van der Waals surface area contributed by atoms with Gasteiger partial charge in [0.2, 0.25) is 5.82 Å². The molecule has 6 nitrogen and oxygen atoms in total. The third-order valence-corrected chi connectivity index (χ3v) is 5.97. The normalized spacial score (nSPS) is 11.4. The van der Waals surface area contributed by atoms with Crippen LogP contribution in [0.5, 0.6) is 0 Å². The Balaban J connectivity index is 1.64. The monoisotopic (exact) mass is 401 g/mol. The van der Waals surface area contributed by atoms with Crippen molar-refractivity contribution in [2.45, 2.75) is 4.90 Å². The van der Waals surface area contributed by atoms with Gasteiger partial charge in [0.25, 0.3) is 15.9 Å². The zero-order valence-corrected chi connectivity index (χ0v) is 15.3. The maximum absolute atomic E-state index is 13.0. The van der Waals surface area contributed by atoms with E-state index in [1.165, 1.54) is 23.5 Å². The number of nitrogens with one attached hydrogen (secondary N) is 1. The molecule has 4 rings (SSSR count). The first-order chi connectivity index (χ1) is 13.0. The molecule has 9 heteroatoms. The highest BCUT2D eigenvalue weighted by atomic mass is 32.2. The van der Waals surface area contributed by atoms with E-state index in [9.17, 15) is 12.8 Å². The fourth-order valence-electron chi connectivity index (χ4n) is 2.39. The van der Waals surface area contributed by atoms with E-state index in [1.807, 2.05) is 30.3 Å². The van der Waals surface area contributed by atoms with Crippen LogP contribution in [0.4, 0.5) is 10.1 Å². The molecular formula is C18H12FN3O3S2. The van der Waals surface area contributed by atoms with E-state index in [0.717, 1.165) is 17.7 Å². The van der Waals surface area contributed by atoms with Crippen LogP contribution in [-0.4, -0.2) is 18.6 Å². The first-order valence-corrected chi connectivity index (χ1v) is 10.1. The van der Waals surface area contributed by atoms with Gasteiger partial charge in [-0.05, 0) is 35.7 Å². The summed E-state index contributed by atoms with van der Waals surface area (Å²) in [5.41, 5.74) is 1.10. The van der Waals surface area contributed by atoms with Crippen molar-refractivity contribution in [2.75, 3.05) is 4.72 Å². The summed E-state index contributed by atoms with van der Waals surface area (Å²) >= 11 is 1.27. The molecule has 0 radical (unpaired) electrons. The average molecular weight is 401 g/mol. The zero-order valence-electron chi connectivity index (χ0n) is 13.7. The van der Waals surface area contributed by atoms with Crippen molar-refractivity contribution in [3.05, 3.63) is 71.9 Å². The van der Waals surface area contributed by atoms with E-state index in [0.29, 0.717) is 16.4 Å². The number of nitrogens with zero attached hydrogens (tertiary/aromatic N) is 2. The van der Waals surface area contributed by atoms with Crippen molar-refractivity contribution in [1.82, 2.24) is 10.1 Å². The van der Waals surface area contributed by atoms with E-state index < -0.39 is 15.8 Å². The van der Waals surface area contributed by atoms with Crippen LogP contribution in [0.15, 0.2) is 75.5 Å². The van der Waals surface area contributed by atoms with Gasteiger partial charge >= 0.3 is 0 Å². The highest BCUT2D eigenvalue weighted by molar-refractivity contribution is 7.92. The van der Waals surface area contributed by atoms with Crippen LogP contribution in [0.25, 0.3) is 22.2 Å². The van der Waals surface area contributed by atoms with Gasteiger partial charge < -0.3 is 4.52 Å². The molecule has 0 fully saturated rings. The first-order valence-electron chi connectivity index (χ1n) is 7.78. The lowest BCUT2D eigenvalue weighted by atomic mass is 10.2. The van der Waals surface area contributed by atoms with E-state index in [4.69, 9.17) is 4.52 Å². The van der Waals surface area contributed by atoms with Gasteiger partial charge in [-0.15, -0.1) is 11.3 Å². The van der Waals surface area contributed by atoms with Crippen molar-refractivity contribution in [3.8, 4) is 22.2 Å². The standard InChI is InChI=1S/C18H12FN3O3S2/c19-13-6-8-14(9-7-13)27(23,24)22-15-10-11-26-16(15)18-20-17(21-25-18)12-4-2-1-3-5-12/h1-11,22H. The molecule has 2 aromatic carbocycles. The Morgan fingerprint density at radius 2 is 1.74 bits per heavy atom. The Kier molecular flexibility index (Phi) is 4.46. The fraction of sp³-hybridized carbons (Fsp3) is 0. The Bertz CT molecular complexity index is 1170. The summed E-state index contributed by atoms with van der Waals surface area (Å²) in [6, 6.07) is 15.5. The second kappa shape index (κ2) is 6.93. The van der Waals surface area contributed by atoms with Gasteiger partial charge in [-0.1, -0.05) is 35.5 Å². The summed E-state index contributed by atoms with van der Waals surface area (Å²) in [5.74, 6) is 0.108. The molecule has 0 saturated heterocycles. The van der Waals surface area contributed by atoms with Crippen molar-refractivity contribution in [1.29, 1.82) is 0 Å². The Morgan fingerprint density at radius 3 is 2.48 bits per heavy atom. The van der Waals surface area contributed by atoms with Crippen molar-refractivity contribution >= 4 is 27.0 Å². The molecule has 0 saturated carbocycles. The summed E-state index contributed by atoms with van der Waals surface area (Å²) in [4.78, 5) is 4.80.